The van der Waals surface area contributed by atoms with Crippen LogP contribution in [0.2, 0.25) is 0 Å². The van der Waals surface area contributed by atoms with Crippen LogP contribution in [0.25, 0.3) is 0 Å². The normalized spacial score (nSPS) is 16.0. The first kappa shape index (κ1) is 26.1. The van der Waals surface area contributed by atoms with Gasteiger partial charge in [0.1, 0.15) is 17.1 Å². The fraction of sp³-hybridized carbons (Fsp3) is 0.440. The molecular weight excluding hydrogens is 457 g/mol. The number of carbonyl (C=O) groups is 2. The van der Waals surface area contributed by atoms with Crippen LogP contribution in [0.3, 0.4) is 0 Å². The zero-order valence-corrected chi connectivity index (χ0v) is 20.0. The van der Waals surface area contributed by atoms with E-state index in [0.717, 1.165) is 25.0 Å². The molecule has 0 bridgehead atoms. The van der Waals surface area contributed by atoms with Gasteiger partial charge in [0.15, 0.2) is 0 Å². The molecule has 1 atom stereocenters. The largest absolute Gasteiger partial charge is 0.460 e. The Balaban J connectivity index is 1.83. The molecule has 2 N–H and O–H groups in total. The van der Waals surface area contributed by atoms with Crippen LogP contribution in [0, 0.1) is 21.8 Å². The van der Waals surface area contributed by atoms with Crippen molar-refractivity contribution < 1.29 is 28.7 Å². The number of hydrogen-bond donors (Lipinski definition) is 2. The average molecular weight is 488 g/mol. The summed E-state index contributed by atoms with van der Waals surface area (Å²) in [6, 6.07) is 7.83. The van der Waals surface area contributed by atoms with Gasteiger partial charge in [-0.2, -0.15) is 0 Å². The first-order chi connectivity index (χ1) is 16.5. The van der Waals surface area contributed by atoms with Crippen LogP contribution in [-0.2, 0) is 16.0 Å². The van der Waals surface area contributed by atoms with E-state index in [9.17, 15) is 29.2 Å². The quantitative estimate of drug-likeness (QED) is 0.343. The first-order valence-corrected chi connectivity index (χ1v) is 11.4. The number of carbonyl (C=O) groups excluding carboxylic acids is 2. The summed E-state index contributed by atoms with van der Waals surface area (Å²) in [5.74, 6) is -1.76. The number of rotatable bonds is 7. The number of esters is 1. The van der Waals surface area contributed by atoms with Gasteiger partial charge in [0.2, 0.25) is 0 Å². The van der Waals surface area contributed by atoms with Gasteiger partial charge in [0.05, 0.1) is 11.3 Å². The van der Waals surface area contributed by atoms with Crippen LogP contribution >= 0.6 is 0 Å². The van der Waals surface area contributed by atoms with Crippen molar-refractivity contribution in [3.63, 3.8) is 0 Å². The number of piperidine rings is 1. The van der Waals surface area contributed by atoms with E-state index in [-0.39, 0.29) is 41.4 Å². The highest BCUT2D eigenvalue weighted by atomic mass is 19.1. The number of nitrogens with zero attached hydrogens (tertiary/aromatic N) is 2. The molecule has 1 aliphatic heterocycles. The second-order valence-corrected chi connectivity index (χ2v) is 9.62. The number of hydrogen-bond acceptors (Lipinski definition) is 7. The summed E-state index contributed by atoms with van der Waals surface area (Å²) in [6.07, 6.45) is 1.39. The summed E-state index contributed by atoms with van der Waals surface area (Å²) in [5.41, 5.74) is -0.0805. The van der Waals surface area contributed by atoms with Crippen molar-refractivity contribution >= 4 is 28.9 Å². The predicted octanol–water partition coefficient (Wildman–Crippen LogP) is 4.08. The molecule has 1 saturated heterocycles. The lowest BCUT2D eigenvalue weighted by Crippen LogP contribution is -2.37. The average Bonchev–Trinajstić information content (AvgIpc) is 2.79. The molecule has 9 nitrogen and oxygen atoms in total. The van der Waals surface area contributed by atoms with Gasteiger partial charge in [-0.1, -0.05) is 0 Å². The zero-order valence-electron chi connectivity index (χ0n) is 20.0. The number of aliphatic hydroxyl groups is 1. The van der Waals surface area contributed by atoms with E-state index in [1.54, 1.807) is 20.8 Å². The van der Waals surface area contributed by atoms with Gasteiger partial charge >= 0.3 is 5.97 Å². The Morgan fingerprint density at radius 2 is 2.00 bits per heavy atom. The number of benzene rings is 2. The molecule has 2 aromatic rings. The summed E-state index contributed by atoms with van der Waals surface area (Å²) >= 11 is 0. The van der Waals surface area contributed by atoms with E-state index >= 15 is 0 Å². The van der Waals surface area contributed by atoms with Crippen molar-refractivity contribution in [2.75, 3.05) is 29.9 Å². The van der Waals surface area contributed by atoms with Crippen molar-refractivity contribution in [2.24, 2.45) is 5.92 Å². The van der Waals surface area contributed by atoms with Gasteiger partial charge in [-0.15, -0.1) is 0 Å². The van der Waals surface area contributed by atoms with Crippen LogP contribution in [-0.4, -0.2) is 47.2 Å². The highest BCUT2D eigenvalue weighted by molar-refractivity contribution is 6.05. The number of anilines is 2. The molecule has 0 radical (unpaired) electrons. The van der Waals surface area contributed by atoms with Gasteiger partial charge in [-0.05, 0) is 75.4 Å². The summed E-state index contributed by atoms with van der Waals surface area (Å²) in [5, 5.41) is 23.9. The Morgan fingerprint density at radius 3 is 2.66 bits per heavy atom. The fourth-order valence-corrected chi connectivity index (χ4v) is 4.07. The van der Waals surface area contributed by atoms with Crippen molar-refractivity contribution in [2.45, 2.75) is 45.6 Å². The standard InChI is InChI=1S/C25H30FN3O6/c1-25(2,3)35-23(31)13-18-11-19(26)7-8-20(18)27-24(32)17-6-9-21(22(12-17)29(33)34)28-10-4-5-16(14-28)15-30/h6-9,11-12,16,30H,4-5,10,13-15H2,1-3H3,(H,27,32). The molecule has 0 saturated carbocycles. The molecule has 0 spiro atoms. The first-order valence-electron chi connectivity index (χ1n) is 11.4. The third-order valence-electron chi connectivity index (χ3n) is 5.62. The summed E-state index contributed by atoms with van der Waals surface area (Å²) in [6.45, 7) is 6.25. The minimum absolute atomic E-state index is 0.00802. The number of aliphatic hydroxyl groups excluding tert-OH is 1. The molecule has 1 fully saturated rings. The SMILES string of the molecule is CC(C)(C)OC(=O)Cc1cc(F)ccc1NC(=O)c1ccc(N2CCCC(CO)C2)c([N+](=O)[O-])c1. The molecule has 0 aromatic heterocycles. The van der Waals surface area contributed by atoms with E-state index in [0.29, 0.717) is 18.8 Å². The van der Waals surface area contributed by atoms with Gasteiger partial charge in [0.25, 0.3) is 11.6 Å². The van der Waals surface area contributed by atoms with E-state index in [1.165, 1.54) is 24.3 Å². The third kappa shape index (κ3) is 6.98. The van der Waals surface area contributed by atoms with E-state index < -0.39 is 28.2 Å². The molecule has 188 valence electrons. The maximum absolute atomic E-state index is 13.9. The van der Waals surface area contributed by atoms with Crippen LogP contribution in [0.5, 0.6) is 0 Å². The van der Waals surface area contributed by atoms with Gasteiger partial charge in [0, 0.05) is 37.0 Å². The third-order valence-corrected chi connectivity index (χ3v) is 5.62. The Kier molecular flexibility index (Phi) is 8.06. The Labute approximate surface area is 203 Å². The highest BCUT2D eigenvalue weighted by Gasteiger charge is 2.27. The fourth-order valence-electron chi connectivity index (χ4n) is 4.07. The molecule has 10 heteroatoms. The lowest BCUT2D eigenvalue weighted by atomic mass is 9.98. The summed E-state index contributed by atoms with van der Waals surface area (Å²) in [7, 11) is 0. The Bertz CT molecular complexity index is 1110. The maximum atomic E-state index is 13.9. The Hall–Kier alpha value is -3.53. The van der Waals surface area contributed by atoms with Crippen molar-refractivity contribution in [1.29, 1.82) is 0 Å². The number of ether oxygens (including phenoxy) is 1. The van der Waals surface area contributed by atoms with Crippen molar-refractivity contribution in [1.82, 2.24) is 0 Å². The van der Waals surface area contributed by atoms with Crippen LogP contribution in [0.15, 0.2) is 36.4 Å². The molecule has 1 aliphatic rings. The second-order valence-electron chi connectivity index (χ2n) is 9.62. The maximum Gasteiger partial charge on any atom is 0.310 e. The monoisotopic (exact) mass is 487 g/mol. The van der Waals surface area contributed by atoms with Crippen LogP contribution in [0.4, 0.5) is 21.5 Å². The zero-order chi connectivity index (χ0) is 25.8. The minimum atomic E-state index is -0.722. The number of nitro benzene ring substituents is 1. The van der Waals surface area contributed by atoms with Crippen LogP contribution < -0.4 is 10.2 Å². The molecule has 1 amide bonds. The van der Waals surface area contributed by atoms with Crippen molar-refractivity contribution in [3.05, 3.63) is 63.5 Å². The Morgan fingerprint density at radius 1 is 1.26 bits per heavy atom. The molecular formula is C25H30FN3O6. The smallest absolute Gasteiger partial charge is 0.310 e. The van der Waals surface area contributed by atoms with Gasteiger partial charge in [-0.25, -0.2) is 4.39 Å². The van der Waals surface area contributed by atoms with E-state index in [2.05, 4.69) is 5.32 Å². The number of nitro groups is 1. The number of nitrogens with one attached hydrogen (secondary N) is 1. The summed E-state index contributed by atoms with van der Waals surface area (Å²) in [4.78, 5) is 38.3. The molecule has 35 heavy (non-hydrogen) atoms. The number of halogens is 1. The molecule has 1 unspecified atom stereocenters. The molecule has 2 aromatic carbocycles. The highest BCUT2D eigenvalue weighted by Crippen LogP contribution is 2.33. The summed E-state index contributed by atoms with van der Waals surface area (Å²) < 4.78 is 19.1. The minimum Gasteiger partial charge on any atom is -0.460 e. The lowest BCUT2D eigenvalue weighted by molar-refractivity contribution is -0.384. The predicted molar refractivity (Wildman–Crippen MR) is 129 cm³/mol. The number of amides is 1. The molecule has 3 rings (SSSR count). The van der Waals surface area contributed by atoms with Gasteiger partial charge < -0.3 is 20.1 Å². The van der Waals surface area contributed by atoms with Gasteiger partial charge in [-0.3, -0.25) is 19.7 Å². The van der Waals surface area contributed by atoms with E-state index in [4.69, 9.17) is 4.74 Å². The lowest BCUT2D eigenvalue weighted by Gasteiger charge is -2.33. The topological polar surface area (TPSA) is 122 Å². The molecule has 0 aliphatic carbocycles. The van der Waals surface area contributed by atoms with E-state index in [1.807, 2.05) is 4.90 Å². The second kappa shape index (κ2) is 10.8. The van der Waals surface area contributed by atoms with Crippen molar-refractivity contribution in [3.8, 4) is 0 Å². The molecule has 1 heterocycles. The van der Waals surface area contributed by atoms with Crippen LogP contribution in [0.1, 0.15) is 49.5 Å².